The number of nitrogens with zero attached hydrogens (tertiary/aromatic N) is 3. The first-order chi connectivity index (χ1) is 12.8. The first-order valence-electron chi connectivity index (χ1n) is 8.45. The molecule has 1 heterocycles. The van der Waals surface area contributed by atoms with E-state index in [2.05, 4.69) is 10.1 Å². The van der Waals surface area contributed by atoms with Crippen LogP contribution >= 0.6 is 0 Å². The molecule has 0 atom stereocenters. The molecule has 0 fully saturated rings. The molecule has 0 spiro atoms. The molecular weight excluding hydrogens is 326 g/mol. The highest BCUT2D eigenvalue weighted by Gasteiger charge is 2.17. The van der Waals surface area contributed by atoms with Gasteiger partial charge in [0.1, 0.15) is 0 Å². The molecule has 0 N–H and O–H groups in total. The van der Waals surface area contributed by atoms with Crippen molar-refractivity contribution in [3.05, 3.63) is 83.0 Å². The van der Waals surface area contributed by atoms with Crippen molar-refractivity contribution in [2.45, 2.75) is 6.92 Å². The molecule has 0 amide bonds. The van der Waals surface area contributed by atoms with Crippen molar-refractivity contribution in [3.63, 3.8) is 0 Å². The third kappa shape index (κ3) is 2.95. The van der Waals surface area contributed by atoms with Gasteiger partial charge in [-0.2, -0.15) is 0 Å². The van der Waals surface area contributed by atoms with Crippen LogP contribution in [0.5, 0.6) is 5.75 Å². The molecule has 4 rings (SSSR count). The highest BCUT2D eigenvalue weighted by atomic mass is 16.5. The number of fused-ring (bicyclic) bond motifs is 1. The quantitative estimate of drug-likeness (QED) is 0.565. The van der Waals surface area contributed by atoms with Crippen LogP contribution in [0.1, 0.15) is 6.92 Å². The first kappa shape index (κ1) is 16.0. The summed E-state index contributed by atoms with van der Waals surface area (Å²) in [5.74, 6) is 0.889. The zero-order valence-electron chi connectivity index (χ0n) is 14.3. The van der Waals surface area contributed by atoms with Gasteiger partial charge in [0.25, 0.3) is 0 Å². The molecule has 0 saturated carbocycles. The molecule has 5 heteroatoms. The van der Waals surface area contributed by atoms with E-state index in [0.29, 0.717) is 29.6 Å². The largest absolute Gasteiger partial charge is 0.490 e. The monoisotopic (exact) mass is 343 g/mol. The summed E-state index contributed by atoms with van der Waals surface area (Å²) in [5, 5.41) is 4.68. The van der Waals surface area contributed by atoms with Crippen LogP contribution in [0.3, 0.4) is 0 Å². The van der Waals surface area contributed by atoms with Crippen molar-refractivity contribution < 1.29 is 4.74 Å². The first-order valence-corrected chi connectivity index (χ1v) is 8.45. The molecule has 2 aromatic carbocycles. The maximum absolute atomic E-state index is 12.4. The number of aromatic nitrogens is 3. The Kier molecular flexibility index (Phi) is 4.19. The van der Waals surface area contributed by atoms with Crippen LogP contribution in [-0.4, -0.2) is 21.4 Å². The Morgan fingerprint density at radius 2 is 1.65 bits per heavy atom. The maximum atomic E-state index is 12.4. The van der Waals surface area contributed by atoms with Gasteiger partial charge in [-0.3, -0.25) is 4.79 Å². The van der Waals surface area contributed by atoms with Crippen LogP contribution in [0, 0.1) is 0 Å². The average Bonchev–Trinajstić information content (AvgIpc) is 2.69. The predicted molar refractivity (Wildman–Crippen MR) is 101 cm³/mol. The van der Waals surface area contributed by atoms with Crippen LogP contribution in [-0.2, 0) is 0 Å². The zero-order valence-corrected chi connectivity index (χ0v) is 14.3. The summed E-state index contributed by atoms with van der Waals surface area (Å²) >= 11 is 0. The molecule has 0 aromatic heterocycles. The highest BCUT2D eigenvalue weighted by Crippen LogP contribution is 2.27. The fraction of sp³-hybridized carbons (Fsp3) is 0.0952. The zero-order chi connectivity index (χ0) is 17.9. The summed E-state index contributed by atoms with van der Waals surface area (Å²) < 4.78 is 7.21. The molecule has 26 heavy (non-hydrogen) atoms. The number of para-hydroxylation sites is 1. The minimum atomic E-state index is -0.180. The van der Waals surface area contributed by atoms with Gasteiger partial charge in [0.05, 0.1) is 23.7 Å². The van der Waals surface area contributed by atoms with Crippen LogP contribution < -0.4 is 10.2 Å². The van der Waals surface area contributed by atoms with Gasteiger partial charge in [-0.15, -0.1) is 5.10 Å². The van der Waals surface area contributed by atoms with Crippen LogP contribution in [0.15, 0.2) is 77.6 Å². The summed E-state index contributed by atoms with van der Waals surface area (Å²) in [4.78, 5) is 17.0. The van der Waals surface area contributed by atoms with Crippen molar-refractivity contribution in [2.24, 2.45) is 0 Å². The third-order valence-corrected chi connectivity index (χ3v) is 4.02. The van der Waals surface area contributed by atoms with Crippen molar-refractivity contribution in [1.29, 1.82) is 0 Å². The smallest absolute Gasteiger partial charge is 0.222 e. The van der Waals surface area contributed by atoms with Gasteiger partial charge in [0, 0.05) is 17.7 Å². The highest BCUT2D eigenvalue weighted by molar-refractivity contribution is 5.65. The molecule has 128 valence electrons. The number of benzene rings is 3. The molecule has 2 aliphatic rings. The summed E-state index contributed by atoms with van der Waals surface area (Å²) in [7, 11) is 0. The molecule has 1 aliphatic carbocycles. The van der Waals surface area contributed by atoms with E-state index in [9.17, 15) is 4.79 Å². The lowest BCUT2D eigenvalue weighted by Crippen LogP contribution is -2.15. The normalized spacial score (nSPS) is 10.8. The lowest BCUT2D eigenvalue weighted by molar-refractivity contribution is 0.337. The van der Waals surface area contributed by atoms with E-state index in [1.54, 1.807) is 10.7 Å². The molecule has 0 radical (unpaired) electrons. The summed E-state index contributed by atoms with van der Waals surface area (Å²) in [5.41, 5.74) is 2.89. The Hall–Kier alpha value is -3.47. The number of hydrogen-bond acceptors (Lipinski definition) is 4. The van der Waals surface area contributed by atoms with E-state index < -0.39 is 0 Å². The van der Waals surface area contributed by atoms with E-state index in [-0.39, 0.29) is 5.43 Å². The Bertz CT molecular complexity index is 1060. The Balaban J connectivity index is 2.01. The van der Waals surface area contributed by atoms with Crippen molar-refractivity contribution >= 4 is 0 Å². The molecule has 0 saturated heterocycles. The lowest BCUT2D eigenvalue weighted by atomic mass is 10.1. The molecule has 0 bridgehead atoms. The number of hydrogen-bond donors (Lipinski definition) is 0. The van der Waals surface area contributed by atoms with E-state index >= 15 is 0 Å². The van der Waals surface area contributed by atoms with Crippen LogP contribution in [0.4, 0.5) is 0 Å². The fourth-order valence-electron chi connectivity index (χ4n) is 2.83. The second-order valence-corrected chi connectivity index (χ2v) is 5.77. The topological polar surface area (TPSA) is 57.0 Å². The summed E-state index contributed by atoms with van der Waals surface area (Å²) in [6.45, 7) is 2.28. The Labute approximate surface area is 150 Å². The van der Waals surface area contributed by atoms with E-state index in [0.717, 1.165) is 11.3 Å². The van der Waals surface area contributed by atoms with Crippen LogP contribution in [0.2, 0.25) is 0 Å². The second kappa shape index (κ2) is 6.80. The summed E-state index contributed by atoms with van der Waals surface area (Å²) in [6, 6.07) is 22.7. The Morgan fingerprint density at radius 3 is 2.35 bits per heavy atom. The predicted octanol–water partition coefficient (Wildman–Crippen LogP) is 3.80. The molecule has 5 nitrogen and oxygen atoms in total. The van der Waals surface area contributed by atoms with Gasteiger partial charge in [-0.1, -0.05) is 48.5 Å². The van der Waals surface area contributed by atoms with E-state index in [1.165, 1.54) is 6.07 Å². The molecular formula is C21H17N3O2. The molecule has 0 unspecified atom stereocenters. The van der Waals surface area contributed by atoms with E-state index in [1.807, 2.05) is 67.6 Å². The van der Waals surface area contributed by atoms with Gasteiger partial charge >= 0.3 is 0 Å². The minimum absolute atomic E-state index is 0.180. The molecule has 1 aliphatic heterocycles. The third-order valence-electron chi connectivity index (χ3n) is 4.02. The number of rotatable bonds is 4. The van der Waals surface area contributed by atoms with Gasteiger partial charge < -0.3 is 4.74 Å². The van der Waals surface area contributed by atoms with Gasteiger partial charge in [0.15, 0.2) is 11.6 Å². The fourth-order valence-corrected chi connectivity index (χ4v) is 2.83. The average molecular weight is 343 g/mol. The Morgan fingerprint density at radius 1 is 0.962 bits per heavy atom. The van der Waals surface area contributed by atoms with Crippen LogP contribution in [0.25, 0.3) is 28.5 Å². The second-order valence-electron chi connectivity index (χ2n) is 5.77. The maximum Gasteiger partial charge on any atom is 0.222 e. The van der Waals surface area contributed by atoms with Gasteiger partial charge in [-0.25, -0.2) is 9.67 Å². The molecule has 2 aromatic rings. The van der Waals surface area contributed by atoms with E-state index in [4.69, 9.17) is 4.74 Å². The van der Waals surface area contributed by atoms with Crippen molar-refractivity contribution in [2.75, 3.05) is 6.61 Å². The summed E-state index contributed by atoms with van der Waals surface area (Å²) in [6.07, 6.45) is 0. The standard InChI is InChI=1S/C21H17N3O2/c1-2-26-20-13-17-18(14-19(20)25)24(16-11-7-4-8-12-16)23-21(22-17)15-9-5-3-6-10-15/h3-14H,2H2,1H3. The lowest BCUT2D eigenvalue weighted by Gasteiger charge is -2.16. The number of ether oxygens (including phenoxy) is 1. The van der Waals surface area contributed by atoms with Gasteiger partial charge in [-0.05, 0) is 19.1 Å². The van der Waals surface area contributed by atoms with Crippen molar-refractivity contribution in [3.8, 4) is 34.2 Å². The SMILES string of the molecule is CCOc1cc2nc(-c3ccccc3)nn(-c3ccccc3)c-2cc1=O. The minimum Gasteiger partial charge on any atom is -0.490 e. The van der Waals surface area contributed by atoms with Crippen molar-refractivity contribution in [1.82, 2.24) is 14.8 Å². The van der Waals surface area contributed by atoms with Gasteiger partial charge in [0.2, 0.25) is 5.43 Å².